The van der Waals surface area contributed by atoms with Crippen molar-refractivity contribution < 1.29 is 4.79 Å². The van der Waals surface area contributed by atoms with Crippen molar-refractivity contribution in [1.82, 2.24) is 24.6 Å². The maximum atomic E-state index is 13.0. The van der Waals surface area contributed by atoms with Gasteiger partial charge in [0.05, 0.1) is 22.5 Å². The highest BCUT2D eigenvalue weighted by molar-refractivity contribution is 8.00. The van der Waals surface area contributed by atoms with Crippen molar-refractivity contribution in [2.45, 2.75) is 38.5 Å². The molecule has 1 saturated heterocycles. The highest BCUT2D eigenvalue weighted by atomic mass is 32.2. The second kappa shape index (κ2) is 11.3. The predicted octanol–water partition coefficient (Wildman–Crippen LogP) is 5.15. The van der Waals surface area contributed by atoms with Crippen molar-refractivity contribution in [3.63, 3.8) is 0 Å². The lowest BCUT2D eigenvalue weighted by atomic mass is 10.1. The lowest BCUT2D eigenvalue weighted by molar-refractivity contribution is -0.128. The fraction of sp³-hybridized carbons (Fsp3) is 0.379. The molecule has 1 aliphatic heterocycles. The van der Waals surface area contributed by atoms with Crippen LogP contribution in [0.2, 0.25) is 0 Å². The van der Waals surface area contributed by atoms with Crippen LogP contribution in [0.4, 0.5) is 5.82 Å². The number of nitrogens with zero attached hydrogens (tertiary/aromatic N) is 6. The SMILES string of the molecule is Cc1nn(-c2ccccc2)c2nc(CC(C)C)nc(N3CCCN(C(=O)CSc4ccccc4)CC3)c12. The first-order chi connectivity index (χ1) is 18.0. The van der Waals surface area contributed by atoms with Crippen LogP contribution in [-0.4, -0.2) is 62.5 Å². The fourth-order valence-corrected chi connectivity index (χ4v) is 5.59. The smallest absolute Gasteiger partial charge is 0.232 e. The van der Waals surface area contributed by atoms with Crippen LogP contribution < -0.4 is 4.90 Å². The maximum absolute atomic E-state index is 13.0. The molecule has 7 nitrogen and oxygen atoms in total. The van der Waals surface area contributed by atoms with Gasteiger partial charge in [-0.05, 0) is 43.5 Å². The van der Waals surface area contributed by atoms with Gasteiger partial charge in [0.25, 0.3) is 0 Å². The Labute approximate surface area is 222 Å². The highest BCUT2D eigenvalue weighted by Crippen LogP contribution is 2.30. The summed E-state index contributed by atoms with van der Waals surface area (Å²) in [5.74, 6) is 2.87. The lowest BCUT2D eigenvalue weighted by Gasteiger charge is -2.24. The molecule has 0 radical (unpaired) electrons. The second-order valence-corrected chi connectivity index (χ2v) is 11.0. The van der Waals surface area contributed by atoms with Crippen LogP contribution in [-0.2, 0) is 11.2 Å². The Kier molecular flexibility index (Phi) is 7.74. The van der Waals surface area contributed by atoms with Gasteiger partial charge in [0, 0.05) is 37.5 Å². The molecule has 1 amide bonds. The second-order valence-electron chi connectivity index (χ2n) is 9.92. The average Bonchev–Trinajstić information content (AvgIpc) is 3.07. The zero-order valence-corrected chi connectivity index (χ0v) is 22.6. The molecule has 2 aromatic heterocycles. The molecule has 0 unspecified atom stereocenters. The first-order valence-electron chi connectivity index (χ1n) is 13.0. The van der Waals surface area contributed by atoms with Gasteiger partial charge in [-0.1, -0.05) is 50.2 Å². The molecule has 8 heteroatoms. The van der Waals surface area contributed by atoms with Gasteiger partial charge in [0.2, 0.25) is 5.91 Å². The molecule has 3 heterocycles. The van der Waals surface area contributed by atoms with Gasteiger partial charge in [-0.25, -0.2) is 14.6 Å². The third-order valence-electron chi connectivity index (χ3n) is 6.57. The number of hydrogen-bond acceptors (Lipinski definition) is 6. The highest BCUT2D eigenvalue weighted by Gasteiger charge is 2.25. The molecule has 0 bridgehead atoms. The molecule has 2 aromatic carbocycles. The van der Waals surface area contributed by atoms with Gasteiger partial charge >= 0.3 is 0 Å². The summed E-state index contributed by atoms with van der Waals surface area (Å²) < 4.78 is 1.94. The van der Waals surface area contributed by atoms with Gasteiger partial charge in [-0.15, -0.1) is 11.8 Å². The van der Waals surface area contributed by atoms with Crippen molar-refractivity contribution in [2.75, 3.05) is 36.8 Å². The van der Waals surface area contributed by atoms with Gasteiger partial charge < -0.3 is 9.80 Å². The predicted molar refractivity (Wildman–Crippen MR) is 151 cm³/mol. The zero-order chi connectivity index (χ0) is 25.8. The Morgan fingerprint density at radius 3 is 2.41 bits per heavy atom. The van der Waals surface area contributed by atoms with Crippen LogP contribution in [0, 0.1) is 12.8 Å². The van der Waals surface area contributed by atoms with Crippen molar-refractivity contribution in [3.05, 3.63) is 72.2 Å². The van der Waals surface area contributed by atoms with Gasteiger partial charge in [-0.3, -0.25) is 4.79 Å². The van der Waals surface area contributed by atoms with E-state index < -0.39 is 0 Å². The molecule has 0 spiro atoms. The Morgan fingerprint density at radius 2 is 1.68 bits per heavy atom. The van der Waals surface area contributed by atoms with Crippen LogP contribution in [0.25, 0.3) is 16.7 Å². The van der Waals surface area contributed by atoms with Crippen LogP contribution in [0.15, 0.2) is 65.6 Å². The van der Waals surface area contributed by atoms with E-state index in [9.17, 15) is 4.79 Å². The number of carbonyl (C=O) groups excluding carboxylic acids is 1. The Morgan fingerprint density at radius 1 is 0.946 bits per heavy atom. The van der Waals surface area contributed by atoms with E-state index in [1.54, 1.807) is 11.8 Å². The minimum Gasteiger partial charge on any atom is -0.354 e. The van der Waals surface area contributed by atoms with Gasteiger partial charge in [0.1, 0.15) is 11.6 Å². The molecule has 0 atom stereocenters. The quantitative estimate of drug-likeness (QED) is 0.318. The number of thioether (sulfide) groups is 1. The van der Waals surface area contributed by atoms with Crippen LogP contribution in [0.1, 0.15) is 31.8 Å². The van der Waals surface area contributed by atoms with E-state index >= 15 is 0 Å². The molecule has 0 saturated carbocycles. The van der Waals surface area contributed by atoms with E-state index in [1.165, 1.54) is 0 Å². The van der Waals surface area contributed by atoms with Gasteiger partial charge in [-0.2, -0.15) is 5.10 Å². The molecule has 4 aromatic rings. The molecule has 192 valence electrons. The summed E-state index contributed by atoms with van der Waals surface area (Å²) in [6.07, 6.45) is 1.70. The number of aryl methyl sites for hydroxylation is 1. The third kappa shape index (κ3) is 5.80. The number of anilines is 1. The Bertz CT molecular complexity index is 1360. The van der Waals surface area contributed by atoms with E-state index in [0.717, 1.165) is 71.4 Å². The summed E-state index contributed by atoms with van der Waals surface area (Å²) in [4.78, 5) is 28.5. The fourth-order valence-electron chi connectivity index (χ4n) is 4.77. The number of aromatic nitrogens is 4. The number of rotatable bonds is 7. The molecule has 1 aliphatic rings. The minimum atomic E-state index is 0.192. The number of hydrogen-bond donors (Lipinski definition) is 0. The number of benzene rings is 2. The summed E-state index contributed by atoms with van der Waals surface area (Å²) >= 11 is 1.60. The summed E-state index contributed by atoms with van der Waals surface area (Å²) in [5, 5.41) is 5.87. The minimum absolute atomic E-state index is 0.192. The lowest BCUT2D eigenvalue weighted by Crippen LogP contribution is -2.36. The molecular formula is C29H34N6OS. The van der Waals surface area contributed by atoms with Crippen molar-refractivity contribution >= 4 is 34.5 Å². The van der Waals surface area contributed by atoms with E-state index in [-0.39, 0.29) is 5.91 Å². The largest absolute Gasteiger partial charge is 0.354 e. The molecular weight excluding hydrogens is 480 g/mol. The Balaban J connectivity index is 1.41. The number of amides is 1. The molecule has 0 N–H and O–H groups in total. The number of para-hydroxylation sites is 1. The molecule has 1 fully saturated rings. The topological polar surface area (TPSA) is 67.2 Å². The van der Waals surface area contributed by atoms with E-state index in [4.69, 9.17) is 15.1 Å². The normalized spacial score (nSPS) is 14.4. The molecule has 0 aliphatic carbocycles. The molecule has 5 rings (SSSR count). The van der Waals surface area contributed by atoms with Crippen molar-refractivity contribution in [3.8, 4) is 5.69 Å². The summed E-state index contributed by atoms with van der Waals surface area (Å²) in [7, 11) is 0. The third-order valence-corrected chi connectivity index (χ3v) is 7.57. The first kappa shape index (κ1) is 25.3. The van der Waals surface area contributed by atoms with Crippen molar-refractivity contribution in [2.24, 2.45) is 5.92 Å². The standard InChI is InChI=1S/C29H34N6OS/c1-21(2)19-25-30-28(27-22(3)32-35(29(27)31-25)23-11-6-4-7-12-23)34-16-10-15-33(17-18-34)26(36)20-37-24-13-8-5-9-14-24/h4-9,11-14,21H,10,15-20H2,1-3H3. The van der Waals surface area contributed by atoms with E-state index in [0.29, 0.717) is 18.2 Å². The van der Waals surface area contributed by atoms with Crippen molar-refractivity contribution in [1.29, 1.82) is 0 Å². The average molecular weight is 515 g/mol. The number of fused-ring (bicyclic) bond motifs is 1. The van der Waals surface area contributed by atoms with Gasteiger partial charge in [0.15, 0.2) is 5.65 Å². The number of carbonyl (C=O) groups is 1. The maximum Gasteiger partial charge on any atom is 0.232 e. The summed E-state index contributed by atoms with van der Waals surface area (Å²) in [6.45, 7) is 9.45. The van der Waals surface area contributed by atoms with Crippen LogP contribution >= 0.6 is 11.8 Å². The van der Waals surface area contributed by atoms with Crippen LogP contribution in [0.5, 0.6) is 0 Å². The van der Waals surface area contributed by atoms with E-state index in [2.05, 4.69) is 43.0 Å². The summed E-state index contributed by atoms with van der Waals surface area (Å²) in [6, 6.07) is 20.3. The van der Waals surface area contributed by atoms with E-state index in [1.807, 2.05) is 52.9 Å². The van der Waals surface area contributed by atoms with Crippen LogP contribution in [0.3, 0.4) is 0 Å². The molecule has 37 heavy (non-hydrogen) atoms. The Hall–Kier alpha value is -3.39. The zero-order valence-electron chi connectivity index (χ0n) is 21.8. The monoisotopic (exact) mass is 514 g/mol. The first-order valence-corrected chi connectivity index (χ1v) is 14.0. The summed E-state index contributed by atoms with van der Waals surface area (Å²) in [5.41, 5.74) is 2.76.